The quantitative estimate of drug-likeness (QED) is 0.371. The van der Waals surface area contributed by atoms with Gasteiger partial charge in [-0.25, -0.2) is 0 Å². The Labute approximate surface area is 201 Å². The lowest BCUT2D eigenvalue weighted by atomic mass is 9.31. The average molecular weight is 455 g/mol. The molecule has 33 heavy (non-hydrogen) atoms. The molecule has 0 spiro atoms. The van der Waals surface area contributed by atoms with E-state index in [0.29, 0.717) is 29.5 Å². The van der Waals surface area contributed by atoms with Gasteiger partial charge in [0.1, 0.15) is 11.9 Å². The summed E-state index contributed by atoms with van der Waals surface area (Å²) in [5.74, 6) is 2.80. The maximum atomic E-state index is 13.3. The van der Waals surface area contributed by atoms with Crippen LogP contribution in [0.2, 0.25) is 0 Å². The van der Waals surface area contributed by atoms with E-state index in [1.807, 2.05) is 0 Å². The highest BCUT2D eigenvalue weighted by molar-refractivity contribution is 5.85. The fraction of sp³-hybridized carbons (Fsp3) is 0.933. The molecule has 0 unspecified atom stereocenters. The van der Waals surface area contributed by atoms with E-state index in [2.05, 4.69) is 48.5 Å². The van der Waals surface area contributed by atoms with Crippen molar-refractivity contribution in [1.82, 2.24) is 0 Å². The molecule has 1 saturated heterocycles. The first-order chi connectivity index (χ1) is 15.2. The average Bonchev–Trinajstić information content (AvgIpc) is 2.99. The first kappa shape index (κ1) is 22.6. The molecule has 6 rings (SSSR count). The van der Waals surface area contributed by atoms with E-state index < -0.39 is 0 Å². The number of carbonyl (C=O) groups is 2. The Balaban J connectivity index is 1.42. The van der Waals surface area contributed by atoms with Crippen LogP contribution in [0.4, 0.5) is 0 Å². The van der Waals surface area contributed by atoms with Gasteiger partial charge in [0, 0.05) is 23.2 Å². The minimum absolute atomic E-state index is 0.0910. The number of hydrogen-bond donors (Lipinski definition) is 0. The molecule has 5 saturated carbocycles. The van der Waals surface area contributed by atoms with Gasteiger partial charge < -0.3 is 4.74 Å². The monoisotopic (exact) mass is 454 g/mol. The molecule has 2 bridgehead atoms. The maximum Gasteiger partial charge on any atom is 0.312 e. The van der Waals surface area contributed by atoms with E-state index in [-0.39, 0.29) is 44.6 Å². The summed E-state index contributed by atoms with van der Waals surface area (Å²) in [5.41, 5.74) is 0.494. The molecular weight excluding hydrogens is 408 g/mol. The Morgan fingerprint density at radius 3 is 2.15 bits per heavy atom. The zero-order valence-corrected chi connectivity index (χ0v) is 22.2. The summed E-state index contributed by atoms with van der Waals surface area (Å²) >= 11 is 0. The molecule has 1 aliphatic heterocycles. The minimum atomic E-state index is -0.200. The number of ether oxygens (including phenoxy) is 1. The topological polar surface area (TPSA) is 43.4 Å². The van der Waals surface area contributed by atoms with E-state index in [1.54, 1.807) is 0 Å². The van der Waals surface area contributed by atoms with Crippen molar-refractivity contribution in [3.05, 3.63) is 0 Å². The lowest BCUT2D eigenvalue weighted by Gasteiger charge is -2.72. The molecule has 9 atom stereocenters. The summed E-state index contributed by atoms with van der Waals surface area (Å²) < 4.78 is 6.27. The maximum absolute atomic E-state index is 13.3. The molecule has 0 aromatic carbocycles. The Kier molecular flexibility index (Phi) is 4.30. The van der Waals surface area contributed by atoms with Crippen LogP contribution >= 0.6 is 0 Å². The standard InChI is InChI=1S/C30H46O3/c1-25(2)14-16-30-17-15-28(6)18(22(30)23(25)33-24(30)32)8-9-20-27(5)12-11-21(31)26(3,4)19(27)10-13-29(20,28)7/h18-20,22-23H,8-17H2,1-7H3/t18-,19+,20-,22+,23-,27+,28-,29-,30-/m1/s1. The Morgan fingerprint density at radius 1 is 0.727 bits per heavy atom. The molecule has 0 amide bonds. The van der Waals surface area contributed by atoms with Crippen LogP contribution in [0.25, 0.3) is 0 Å². The molecule has 0 aromatic heterocycles. The van der Waals surface area contributed by atoms with Gasteiger partial charge in [-0.1, -0.05) is 48.5 Å². The lowest BCUT2D eigenvalue weighted by Crippen LogP contribution is -2.67. The van der Waals surface area contributed by atoms with Crippen LogP contribution in [-0.4, -0.2) is 17.9 Å². The molecule has 5 aliphatic carbocycles. The van der Waals surface area contributed by atoms with E-state index in [1.165, 1.54) is 32.1 Å². The van der Waals surface area contributed by atoms with Crippen molar-refractivity contribution in [3.8, 4) is 0 Å². The summed E-state index contributed by atoms with van der Waals surface area (Å²) in [7, 11) is 0. The van der Waals surface area contributed by atoms with Crippen LogP contribution in [0.15, 0.2) is 0 Å². The second-order valence-corrected chi connectivity index (χ2v) is 15.3. The number of hydrogen-bond acceptors (Lipinski definition) is 3. The van der Waals surface area contributed by atoms with Gasteiger partial charge >= 0.3 is 5.97 Å². The molecule has 6 aliphatic rings. The predicted molar refractivity (Wildman–Crippen MR) is 129 cm³/mol. The van der Waals surface area contributed by atoms with Gasteiger partial charge in [0.05, 0.1) is 5.41 Å². The van der Waals surface area contributed by atoms with Crippen molar-refractivity contribution in [1.29, 1.82) is 0 Å². The third-order valence-corrected chi connectivity index (χ3v) is 13.8. The molecule has 184 valence electrons. The normalized spacial score (nSPS) is 56.2. The predicted octanol–water partition coefficient (Wildman–Crippen LogP) is 6.97. The first-order valence-electron chi connectivity index (χ1n) is 14.0. The fourth-order valence-electron chi connectivity index (χ4n) is 11.6. The highest BCUT2D eigenvalue weighted by atomic mass is 16.6. The SMILES string of the molecule is CC1(C)CC[C@@]23CC[C@]4(C)[C@H](CC[C@@H]5[C@@]6(C)CCC(=O)C(C)(C)[C@@H]6CC[C@]54C)[C@H]2[C@H]1OC3=O. The van der Waals surface area contributed by atoms with E-state index in [9.17, 15) is 9.59 Å². The minimum Gasteiger partial charge on any atom is -0.461 e. The second kappa shape index (κ2) is 6.28. The van der Waals surface area contributed by atoms with Crippen molar-refractivity contribution in [2.24, 2.45) is 56.2 Å². The number of rotatable bonds is 0. The Morgan fingerprint density at radius 2 is 1.42 bits per heavy atom. The molecule has 3 nitrogen and oxygen atoms in total. The van der Waals surface area contributed by atoms with Crippen LogP contribution < -0.4 is 0 Å². The van der Waals surface area contributed by atoms with E-state index in [0.717, 1.165) is 32.1 Å². The number of ketones is 1. The highest BCUT2D eigenvalue weighted by Gasteiger charge is 2.75. The van der Waals surface area contributed by atoms with Gasteiger partial charge in [-0.05, 0) is 91.8 Å². The Hall–Kier alpha value is -0.860. The van der Waals surface area contributed by atoms with Crippen molar-refractivity contribution in [2.75, 3.05) is 0 Å². The third-order valence-electron chi connectivity index (χ3n) is 13.8. The van der Waals surface area contributed by atoms with Gasteiger partial charge in [-0.2, -0.15) is 0 Å². The van der Waals surface area contributed by atoms with Crippen molar-refractivity contribution in [2.45, 2.75) is 119 Å². The van der Waals surface area contributed by atoms with E-state index >= 15 is 0 Å². The lowest BCUT2D eigenvalue weighted by molar-refractivity contribution is -0.239. The van der Waals surface area contributed by atoms with Crippen LogP contribution in [0.3, 0.4) is 0 Å². The second-order valence-electron chi connectivity index (χ2n) is 15.3. The van der Waals surface area contributed by atoms with Crippen LogP contribution in [0, 0.1) is 56.2 Å². The summed E-state index contributed by atoms with van der Waals surface area (Å²) in [4.78, 5) is 26.3. The molecule has 1 heterocycles. The molecule has 3 heteroatoms. The fourth-order valence-corrected chi connectivity index (χ4v) is 11.6. The number of carbonyl (C=O) groups excluding carboxylic acids is 2. The van der Waals surface area contributed by atoms with Crippen LogP contribution in [0.5, 0.6) is 0 Å². The third kappa shape index (κ3) is 2.39. The largest absolute Gasteiger partial charge is 0.461 e. The van der Waals surface area contributed by atoms with Crippen molar-refractivity contribution >= 4 is 11.8 Å². The van der Waals surface area contributed by atoms with Gasteiger partial charge in [-0.3, -0.25) is 9.59 Å². The summed E-state index contributed by atoms with van der Waals surface area (Å²) in [6, 6.07) is 0. The number of fused-ring (bicyclic) bond motifs is 5. The first-order valence-corrected chi connectivity index (χ1v) is 14.0. The van der Waals surface area contributed by atoms with Gasteiger partial charge in [0.2, 0.25) is 0 Å². The summed E-state index contributed by atoms with van der Waals surface area (Å²) in [6.45, 7) is 17.0. The number of Topliss-reactive ketones (excluding diaryl/α,β-unsaturated/α-hetero) is 1. The van der Waals surface area contributed by atoms with Gasteiger partial charge in [0.15, 0.2) is 0 Å². The van der Waals surface area contributed by atoms with E-state index in [4.69, 9.17) is 4.74 Å². The highest BCUT2D eigenvalue weighted by Crippen LogP contribution is 2.77. The van der Waals surface area contributed by atoms with Gasteiger partial charge in [-0.15, -0.1) is 0 Å². The smallest absolute Gasteiger partial charge is 0.312 e. The molecule has 6 fully saturated rings. The summed E-state index contributed by atoms with van der Waals surface area (Å²) in [5, 5.41) is 0. The Bertz CT molecular complexity index is 918. The molecule has 0 N–H and O–H groups in total. The zero-order valence-electron chi connectivity index (χ0n) is 22.2. The summed E-state index contributed by atoms with van der Waals surface area (Å²) in [6.07, 6.45) is 11.2. The molecule has 0 radical (unpaired) electrons. The van der Waals surface area contributed by atoms with Crippen LogP contribution in [-0.2, 0) is 14.3 Å². The number of esters is 1. The van der Waals surface area contributed by atoms with Crippen molar-refractivity contribution in [3.63, 3.8) is 0 Å². The molecular formula is C30H46O3. The molecule has 0 aromatic rings. The zero-order chi connectivity index (χ0) is 23.8. The van der Waals surface area contributed by atoms with Crippen LogP contribution in [0.1, 0.15) is 113 Å². The van der Waals surface area contributed by atoms with Gasteiger partial charge in [0.25, 0.3) is 0 Å². The van der Waals surface area contributed by atoms with Crippen molar-refractivity contribution < 1.29 is 14.3 Å².